The van der Waals surface area contributed by atoms with Gasteiger partial charge < -0.3 is 4.74 Å². The van der Waals surface area contributed by atoms with Gasteiger partial charge in [-0.2, -0.15) is 0 Å². The summed E-state index contributed by atoms with van der Waals surface area (Å²) in [4.78, 5) is 14.2. The molecule has 3 nitrogen and oxygen atoms in total. The summed E-state index contributed by atoms with van der Waals surface area (Å²) < 4.78 is 5.52. The van der Waals surface area contributed by atoms with Crippen LogP contribution < -0.4 is 0 Å². The monoisotopic (exact) mass is 253 g/mol. The first-order chi connectivity index (χ1) is 8.06. The van der Waals surface area contributed by atoms with Crippen LogP contribution in [0, 0.1) is 5.41 Å². The zero-order valence-corrected chi connectivity index (χ0v) is 12.6. The van der Waals surface area contributed by atoms with E-state index in [4.69, 9.17) is 4.74 Å². The van der Waals surface area contributed by atoms with Crippen LogP contribution in [0.4, 0.5) is 4.79 Å². The fourth-order valence-corrected chi connectivity index (χ4v) is 2.50. The molecular weight excluding hydrogens is 226 g/mol. The molecule has 0 aromatic rings. The van der Waals surface area contributed by atoms with Crippen molar-refractivity contribution in [2.45, 2.75) is 72.1 Å². The predicted molar refractivity (Wildman–Crippen MR) is 74.5 cm³/mol. The van der Waals surface area contributed by atoms with Gasteiger partial charge in [0.05, 0.1) is 6.04 Å². The van der Waals surface area contributed by atoms with Gasteiger partial charge in [-0.3, -0.25) is 4.90 Å². The minimum Gasteiger partial charge on any atom is -0.444 e. The normalized spacial score (nSPS) is 25.1. The maximum absolute atomic E-state index is 12.3. The molecule has 1 amide bonds. The molecule has 0 N–H and O–H groups in total. The van der Waals surface area contributed by atoms with Gasteiger partial charge in [0.1, 0.15) is 5.60 Å². The predicted octanol–water partition coefficient (Wildman–Crippen LogP) is 3.99. The van der Waals surface area contributed by atoms with Crippen LogP contribution in [0.1, 0.15) is 54.4 Å². The molecule has 1 aliphatic rings. The molecule has 2 atom stereocenters. The fourth-order valence-electron chi connectivity index (χ4n) is 2.50. The second-order valence-corrected chi connectivity index (χ2v) is 7.15. The SMILES string of the molecule is C=CC1CC[C@H](C(C)(C)C)N1C(=O)OC(C)(C)C. The quantitative estimate of drug-likeness (QED) is 0.661. The van der Waals surface area contributed by atoms with Crippen molar-refractivity contribution in [3.8, 4) is 0 Å². The van der Waals surface area contributed by atoms with Gasteiger partial charge in [0.2, 0.25) is 0 Å². The summed E-state index contributed by atoms with van der Waals surface area (Å²) in [7, 11) is 0. The highest BCUT2D eigenvalue weighted by Crippen LogP contribution is 2.37. The number of likely N-dealkylation sites (tertiary alicyclic amines) is 1. The molecular formula is C15H27NO2. The maximum atomic E-state index is 12.3. The second-order valence-electron chi connectivity index (χ2n) is 7.15. The number of hydrogen-bond donors (Lipinski definition) is 0. The molecule has 1 unspecified atom stereocenters. The van der Waals surface area contributed by atoms with Gasteiger partial charge in [-0.05, 0) is 39.0 Å². The molecule has 0 aliphatic carbocycles. The Morgan fingerprint density at radius 1 is 1.22 bits per heavy atom. The van der Waals surface area contributed by atoms with Crippen molar-refractivity contribution >= 4 is 6.09 Å². The van der Waals surface area contributed by atoms with E-state index in [1.807, 2.05) is 31.7 Å². The molecule has 1 saturated heterocycles. The molecule has 0 spiro atoms. The highest BCUT2D eigenvalue weighted by atomic mass is 16.6. The van der Waals surface area contributed by atoms with Crippen LogP contribution >= 0.6 is 0 Å². The first kappa shape index (κ1) is 15.1. The molecule has 1 fully saturated rings. The summed E-state index contributed by atoms with van der Waals surface area (Å²) in [5, 5.41) is 0. The number of rotatable bonds is 1. The van der Waals surface area contributed by atoms with Crippen molar-refractivity contribution in [3.63, 3.8) is 0 Å². The largest absolute Gasteiger partial charge is 0.444 e. The molecule has 3 heteroatoms. The van der Waals surface area contributed by atoms with Gasteiger partial charge in [-0.1, -0.05) is 26.8 Å². The molecule has 1 aliphatic heterocycles. The summed E-state index contributed by atoms with van der Waals surface area (Å²) >= 11 is 0. The van der Waals surface area contributed by atoms with Crippen LogP contribution in [0.15, 0.2) is 12.7 Å². The first-order valence-corrected chi connectivity index (χ1v) is 6.70. The number of nitrogens with zero attached hydrogens (tertiary/aromatic N) is 1. The molecule has 0 aromatic carbocycles. The molecule has 1 heterocycles. The highest BCUT2D eigenvalue weighted by Gasteiger charge is 2.43. The molecule has 104 valence electrons. The summed E-state index contributed by atoms with van der Waals surface area (Å²) in [6.07, 6.45) is 3.63. The molecule has 0 aromatic heterocycles. The standard InChI is InChI=1S/C15H27NO2/c1-8-11-9-10-12(14(2,3)4)16(11)13(17)18-15(5,6)7/h8,11-12H,1,9-10H2,2-7H3/t11?,12-/m1/s1. The Kier molecular flexibility index (Phi) is 4.14. The Hall–Kier alpha value is -0.990. The Morgan fingerprint density at radius 3 is 2.17 bits per heavy atom. The van der Waals surface area contributed by atoms with Crippen molar-refractivity contribution in [3.05, 3.63) is 12.7 Å². The highest BCUT2D eigenvalue weighted by molar-refractivity contribution is 5.70. The number of hydrogen-bond acceptors (Lipinski definition) is 2. The summed E-state index contributed by atoms with van der Waals surface area (Å²) in [5.41, 5.74) is -0.386. The van der Waals surface area contributed by atoms with E-state index in [1.165, 1.54) is 0 Å². The van der Waals surface area contributed by atoms with E-state index >= 15 is 0 Å². The van der Waals surface area contributed by atoms with Crippen molar-refractivity contribution in [1.29, 1.82) is 0 Å². The average molecular weight is 253 g/mol. The van der Waals surface area contributed by atoms with E-state index in [9.17, 15) is 4.79 Å². The van der Waals surface area contributed by atoms with Crippen molar-refractivity contribution in [2.75, 3.05) is 0 Å². The van der Waals surface area contributed by atoms with E-state index in [0.717, 1.165) is 12.8 Å². The van der Waals surface area contributed by atoms with Gasteiger partial charge in [-0.15, -0.1) is 6.58 Å². The van der Waals surface area contributed by atoms with Crippen LogP contribution in [0.5, 0.6) is 0 Å². The Morgan fingerprint density at radius 2 is 1.78 bits per heavy atom. The van der Waals surface area contributed by atoms with Gasteiger partial charge in [0.25, 0.3) is 0 Å². The third-order valence-electron chi connectivity index (χ3n) is 3.31. The van der Waals surface area contributed by atoms with Gasteiger partial charge in [-0.25, -0.2) is 4.79 Å². The zero-order chi connectivity index (χ0) is 14.1. The van der Waals surface area contributed by atoms with Crippen molar-refractivity contribution in [2.24, 2.45) is 5.41 Å². The van der Waals surface area contributed by atoms with E-state index in [0.29, 0.717) is 0 Å². The van der Waals surface area contributed by atoms with E-state index in [2.05, 4.69) is 27.4 Å². The molecule has 18 heavy (non-hydrogen) atoms. The molecule has 0 radical (unpaired) electrons. The topological polar surface area (TPSA) is 29.5 Å². The Bertz CT molecular complexity index is 322. The lowest BCUT2D eigenvalue weighted by Crippen LogP contribution is -2.48. The minimum atomic E-state index is -0.451. The number of carbonyl (C=O) groups excluding carboxylic acids is 1. The Labute approximate surface area is 111 Å². The summed E-state index contributed by atoms with van der Waals surface area (Å²) in [6.45, 7) is 16.0. The van der Waals surface area contributed by atoms with Crippen molar-refractivity contribution < 1.29 is 9.53 Å². The second kappa shape index (κ2) is 4.94. The zero-order valence-electron chi connectivity index (χ0n) is 12.6. The van der Waals surface area contributed by atoms with Crippen LogP contribution in [0.3, 0.4) is 0 Å². The number of ether oxygens (including phenoxy) is 1. The molecule has 0 saturated carbocycles. The third kappa shape index (κ3) is 3.50. The molecule has 0 bridgehead atoms. The Balaban J connectivity index is 2.91. The number of carbonyl (C=O) groups is 1. The van der Waals surface area contributed by atoms with Gasteiger partial charge in [0.15, 0.2) is 0 Å². The lowest BCUT2D eigenvalue weighted by molar-refractivity contribution is 0.00687. The van der Waals surface area contributed by atoms with Crippen LogP contribution in [-0.4, -0.2) is 28.7 Å². The summed E-state index contributed by atoms with van der Waals surface area (Å²) in [5.74, 6) is 0. The van der Waals surface area contributed by atoms with Crippen molar-refractivity contribution in [1.82, 2.24) is 4.90 Å². The third-order valence-corrected chi connectivity index (χ3v) is 3.31. The lowest BCUT2D eigenvalue weighted by Gasteiger charge is -2.38. The van der Waals surface area contributed by atoms with E-state index in [1.54, 1.807) is 0 Å². The van der Waals surface area contributed by atoms with Gasteiger partial charge in [0, 0.05) is 6.04 Å². The van der Waals surface area contributed by atoms with E-state index in [-0.39, 0.29) is 23.6 Å². The average Bonchev–Trinajstić information content (AvgIpc) is 2.56. The van der Waals surface area contributed by atoms with E-state index < -0.39 is 5.60 Å². The van der Waals surface area contributed by atoms with Crippen LogP contribution in [0.2, 0.25) is 0 Å². The fraction of sp³-hybridized carbons (Fsp3) is 0.800. The van der Waals surface area contributed by atoms with Crippen LogP contribution in [-0.2, 0) is 4.74 Å². The maximum Gasteiger partial charge on any atom is 0.411 e. The molecule has 1 rings (SSSR count). The summed E-state index contributed by atoms with van der Waals surface area (Å²) in [6, 6.07) is 0.319. The first-order valence-electron chi connectivity index (χ1n) is 6.70. The minimum absolute atomic E-state index is 0.0642. The smallest absolute Gasteiger partial charge is 0.411 e. The van der Waals surface area contributed by atoms with Gasteiger partial charge >= 0.3 is 6.09 Å². The van der Waals surface area contributed by atoms with Crippen LogP contribution in [0.25, 0.3) is 0 Å². The lowest BCUT2D eigenvalue weighted by atomic mass is 9.85. The number of amides is 1.